The molecule has 1 aromatic carbocycles. The maximum atomic E-state index is 12.6. The van der Waals surface area contributed by atoms with Gasteiger partial charge >= 0.3 is 5.97 Å². The quantitative estimate of drug-likeness (QED) is 0.534. The third-order valence-electron chi connectivity index (χ3n) is 4.15. The second kappa shape index (κ2) is 8.42. The number of hydrogen-bond acceptors (Lipinski definition) is 6. The normalized spacial score (nSPS) is 11.7. The van der Waals surface area contributed by atoms with Crippen LogP contribution in [0.25, 0.3) is 11.0 Å². The van der Waals surface area contributed by atoms with Gasteiger partial charge in [0.05, 0.1) is 11.5 Å². The maximum Gasteiger partial charge on any atom is 0.374 e. The van der Waals surface area contributed by atoms with E-state index in [9.17, 15) is 13.2 Å². The summed E-state index contributed by atoms with van der Waals surface area (Å²) >= 11 is 3.34. The van der Waals surface area contributed by atoms with Crippen LogP contribution in [0.2, 0.25) is 0 Å². The van der Waals surface area contributed by atoms with E-state index in [0.29, 0.717) is 23.0 Å². The molecule has 0 saturated carbocycles. The van der Waals surface area contributed by atoms with Crippen molar-refractivity contribution in [3.05, 3.63) is 58.0 Å². The fourth-order valence-electron chi connectivity index (χ4n) is 2.76. The number of nitrogens with zero attached hydrogens (tertiary/aromatic N) is 1. The minimum Gasteiger partial charge on any atom is -0.460 e. The Bertz CT molecular complexity index is 1120. The number of pyridine rings is 1. The van der Waals surface area contributed by atoms with E-state index in [1.165, 1.54) is 18.2 Å². The second-order valence-electron chi connectivity index (χ2n) is 6.09. The summed E-state index contributed by atoms with van der Waals surface area (Å²) in [5.74, 6) is -0.483. The van der Waals surface area contributed by atoms with Crippen molar-refractivity contribution < 1.29 is 22.4 Å². The number of carbonyl (C=O) groups is 1. The number of esters is 1. The Morgan fingerprint density at radius 1 is 1.29 bits per heavy atom. The van der Waals surface area contributed by atoms with Gasteiger partial charge in [-0.2, -0.15) is 0 Å². The van der Waals surface area contributed by atoms with E-state index in [4.69, 9.17) is 9.15 Å². The predicted octanol–water partition coefficient (Wildman–Crippen LogP) is 3.60. The molecule has 2 heterocycles. The molecule has 0 atom stereocenters. The third kappa shape index (κ3) is 4.43. The van der Waals surface area contributed by atoms with Crippen LogP contribution in [0.4, 0.5) is 0 Å². The van der Waals surface area contributed by atoms with Gasteiger partial charge in [0.2, 0.25) is 15.8 Å². The monoisotopic (exact) mass is 466 g/mol. The number of ether oxygens (including phenoxy) is 1. The summed E-state index contributed by atoms with van der Waals surface area (Å²) in [5, 5.41) is 0.558. The van der Waals surface area contributed by atoms with Crippen molar-refractivity contribution in [3.63, 3.8) is 0 Å². The molecule has 28 heavy (non-hydrogen) atoms. The van der Waals surface area contributed by atoms with Gasteiger partial charge in [-0.05, 0) is 66.0 Å². The summed E-state index contributed by atoms with van der Waals surface area (Å²) < 4.78 is 39.2. The predicted molar refractivity (Wildman–Crippen MR) is 108 cm³/mol. The molecule has 0 saturated heterocycles. The van der Waals surface area contributed by atoms with Crippen molar-refractivity contribution in [1.82, 2.24) is 9.71 Å². The first kappa shape index (κ1) is 20.5. The number of sulfonamides is 1. The lowest BCUT2D eigenvalue weighted by molar-refractivity contribution is 0.0491. The highest BCUT2D eigenvalue weighted by molar-refractivity contribution is 9.10. The second-order valence-corrected chi connectivity index (χ2v) is 8.78. The molecule has 2 aromatic heterocycles. The van der Waals surface area contributed by atoms with E-state index >= 15 is 0 Å². The van der Waals surface area contributed by atoms with E-state index in [-0.39, 0.29) is 23.8 Å². The molecule has 0 bridgehead atoms. The van der Waals surface area contributed by atoms with Gasteiger partial charge in [-0.3, -0.25) is 4.98 Å². The molecule has 0 radical (unpaired) electrons. The Morgan fingerprint density at radius 3 is 2.79 bits per heavy atom. The fourth-order valence-corrected chi connectivity index (χ4v) is 4.23. The third-order valence-corrected chi connectivity index (χ3v) is 6.04. The molecular formula is C19H19BrN2O5S. The van der Waals surface area contributed by atoms with E-state index in [1.54, 1.807) is 26.2 Å². The first-order valence-corrected chi connectivity index (χ1v) is 10.9. The first-order valence-electron chi connectivity index (χ1n) is 8.61. The topological polar surface area (TPSA) is 98.5 Å². The largest absolute Gasteiger partial charge is 0.460 e. The molecule has 1 N–H and O–H groups in total. The number of aromatic nitrogens is 1. The summed E-state index contributed by atoms with van der Waals surface area (Å²) in [5.41, 5.74) is 1.89. The smallest absolute Gasteiger partial charge is 0.374 e. The molecule has 7 nitrogen and oxygen atoms in total. The summed E-state index contributed by atoms with van der Waals surface area (Å²) in [6, 6.07) is 6.38. The lowest BCUT2D eigenvalue weighted by atomic mass is 10.1. The van der Waals surface area contributed by atoms with E-state index in [0.717, 1.165) is 10.0 Å². The number of nitrogens with one attached hydrogen (secondary N) is 1. The number of benzene rings is 1. The Kier molecular flexibility index (Phi) is 6.17. The van der Waals surface area contributed by atoms with Crippen molar-refractivity contribution in [2.45, 2.75) is 25.2 Å². The molecule has 0 amide bonds. The Hall–Kier alpha value is -2.23. The van der Waals surface area contributed by atoms with E-state index in [1.807, 2.05) is 6.07 Å². The molecule has 148 valence electrons. The Morgan fingerprint density at radius 2 is 2.07 bits per heavy atom. The number of rotatable bonds is 7. The number of carbonyl (C=O) groups excluding carboxylic acids is 1. The fraction of sp³-hybridized carbons (Fsp3) is 0.263. The van der Waals surface area contributed by atoms with Crippen LogP contribution >= 0.6 is 15.9 Å². The molecule has 0 unspecified atom stereocenters. The molecule has 0 aliphatic rings. The zero-order chi connectivity index (χ0) is 20.3. The highest BCUT2D eigenvalue weighted by Crippen LogP contribution is 2.28. The first-order chi connectivity index (χ1) is 13.3. The van der Waals surface area contributed by atoms with Gasteiger partial charge in [0.25, 0.3) is 0 Å². The van der Waals surface area contributed by atoms with Crippen LogP contribution in [0.5, 0.6) is 0 Å². The molecule has 0 spiro atoms. The molecule has 3 aromatic rings. The SMILES string of the molecule is CCOC(=O)c1oc2ccc(S(=O)(=O)NCCc3cncc(Br)c3)cc2c1C. The van der Waals surface area contributed by atoms with Crippen molar-refractivity contribution in [2.75, 3.05) is 13.2 Å². The van der Waals surface area contributed by atoms with Crippen LogP contribution in [-0.2, 0) is 21.2 Å². The standard InChI is InChI=1S/C19H19BrN2O5S/c1-3-26-19(23)18-12(2)16-9-15(4-5-17(16)27-18)28(24,25)22-7-6-13-8-14(20)11-21-10-13/h4-5,8-11,22H,3,6-7H2,1-2H3. The molecule has 0 aliphatic carbocycles. The van der Waals surface area contributed by atoms with Crippen LogP contribution in [0.3, 0.4) is 0 Å². The summed E-state index contributed by atoms with van der Waals surface area (Å²) in [6.45, 7) is 3.86. The van der Waals surface area contributed by atoms with Crippen molar-refractivity contribution in [3.8, 4) is 0 Å². The van der Waals surface area contributed by atoms with E-state index < -0.39 is 16.0 Å². The number of hydrogen-bond donors (Lipinski definition) is 1. The molecule has 0 fully saturated rings. The van der Waals surface area contributed by atoms with Gasteiger partial charge in [0.1, 0.15) is 5.58 Å². The van der Waals surface area contributed by atoms with Crippen molar-refractivity contribution in [1.29, 1.82) is 0 Å². The Balaban J connectivity index is 1.79. The average Bonchev–Trinajstić information content (AvgIpc) is 2.98. The van der Waals surface area contributed by atoms with E-state index in [2.05, 4.69) is 25.6 Å². The van der Waals surface area contributed by atoms with Crippen LogP contribution < -0.4 is 4.72 Å². The van der Waals surface area contributed by atoms with Crippen LogP contribution in [0.1, 0.15) is 28.6 Å². The number of fused-ring (bicyclic) bond motifs is 1. The lowest BCUT2D eigenvalue weighted by Gasteiger charge is -2.07. The van der Waals surface area contributed by atoms with Crippen LogP contribution in [0, 0.1) is 6.92 Å². The average molecular weight is 467 g/mol. The minimum absolute atomic E-state index is 0.0847. The molecule has 9 heteroatoms. The maximum absolute atomic E-state index is 12.6. The van der Waals surface area contributed by atoms with Crippen LogP contribution in [0.15, 0.2) is 50.4 Å². The zero-order valence-electron chi connectivity index (χ0n) is 15.4. The summed E-state index contributed by atoms with van der Waals surface area (Å²) in [7, 11) is -3.71. The van der Waals surface area contributed by atoms with Gasteiger partial charge in [0, 0.05) is 34.4 Å². The highest BCUT2D eigenvalue weighted by Gasteiger charge is 2.21. The van der Waals surface area contributed by atoms with Gasteiger partial charge in [-0.25, -0.2) is 17.9 Å². The molecule has 3 rings (SSSR count). The lowest BCUT2D eigenvalue weighted by Crippen LogP contribution is -2.26. The number of furan rings is 1. The van der Waals surface area contributed by atoms with Gasteiger partial charge in [0.15, 0.2) is 0 Å². The Labute approximate surface area is 171 Å². The van der Waals surface area contributed by atoms with Crippen LogP contribution in [-0.4, -0.2) is 32.5 Å². The minimum atomic E-state index is -3.71. The van der Waals surface area contributed by atoms with Gasteiger partial charge in [-0.1, -0.05) is 0 Å². The van der Waals surface area contributed by atoms with Crippen molar-refractivity contribution in [2.24, 2.45) is 0 Å². The molecular weight excluding hydrogens is 448 g/mol. The zero-order valence-corrected chi connectivity index (χ0v) is 17.8. The summed E-state index contributed by atoms with van der Waals surface area (Å²) in [4.78, 5) is 16.1. The summed E-state index contributed by atoms with van der Waals surface area (Å²) in [6.07, 6.45) is 3.86. The number of aryl methyl sites for hydroxylation is 1. The molecule has 0 aliphatic heterocycles. The number of halogens is 1. The van der Waals surface area contributed by atoms with Gasteiger partial charge in [-0.15, -0.1) is 0 Å². The van der Waals surface area contributed by atoms with Gasteiger partial charge < -0.3 is 9.15 Å². The highest BCUT2D eigenvalue weighted by atomic mass is 79.9. The van der Waals surface area contributed by atoms with Crippen molar-refractivity contribution >= 4 is 42.9 Å².